The third-order valence-corrected chi connectivity index (χ3v) is 2.72. The van der Waals surface area contributed by atoms with E-state index in [-0.39, 0.29) is 5.91 Å². The smallest absolute Gasteiger partial charge is 0.254 e. The number of nitrogens with zero attached hydrogens (tertiary/aromatic N) is 1. The monoisotopic (exact) mass is 305 g/mol. The minimum Gasteiger partial charge on any atom is -0.345 e. The Hall–Kier alpha value is -0.350. The van der Waals surface area contributed by atoms with Crippen LogP contribution in [0.4, 0.5) is 0 Å². The van der Waals surface area contributed by atoms with Gasteiger partial charge in [0.1, 0.15) is 0 Å². The third kappa shape index (κ3) is 2.54. The van der Waals surface area contributed by atoms with Crippen molar-refractivity contribution >= 4 is 37.8 Å². The van der Waals surface area contributed by atoms with Gasteiger partial charge in [-0.15, -0.1) is 0 Å². The zero-order chi connectivity index (χ0) is 10.0. The van der Waals surface area contributed by atoms with Crippen LogP contribution in [-0.2, 0) is 0 Å². The Morgan fingerprint density at radius 1 is 1.31 bits per heavy atom. The lowest BCUT2D eigenvalue weighted by molar-refractivity contribution is 0.0826. The molecular weight excluding hydrogens is 298 g/mol. The van der Waals surface area contributed by atoms with Crippen LogP contribution in [0.3, 0.4) is 0 Å². The van der Waals surface area contributed by atoms with Crippen LogP contribution in [0, 0.1) is 0 Å². The number of carbonyl (C=O) groups excluding carboxylic acids is 1. The highest BCUT2D eigenvalue weighted by Gasteiger charge is 2.11. The lowest BCUT2D eigenvalue weighted by Gasteiger charge is -2.11. The molecule has 1 aromatic carbocycles. The molecular formula is C9H9Br2NO. The Bertz CT molecular complexity index is 336. The van der Waals surface area contributed by atoms with E-state index in [0.717, 1.165) is 8.95 Å². The molecule has 0 aliphatic rings. The summed E-state index contributed by atoms with van der Waals surface area (Å²) in [6.07, 6.45) is 0. The van der Waals surface area contributed by atoms with Crippen LogP contribution in [0.1, 0.15) is 10.4 Å². The number of hydrogen-bond acceptors (Lipinski definition) is 1. The first-order valence-corrected chi connectivity index (χ1v) is 5.27. The molecule has 0 saturated heterocycles. The van der Waals surface area contributed by atoms with Crippen LogP contribution in [0.15, 0.2) is 27.1 Å². The summed E-state index contributed by atoms with van der Waals surface area (Å²) in [6, 6.07) is 5.49. The van der Waals surface area contributed by atoms with Gasteiger partial charge in [0.25, 0.3) is 5.91 Å². The van der Waals surface area contributed by atoms with Crippen molar-refractivity contribution in [1.82, 2.24) is 4.90 Å². The second-order valence-electron chi connectivity index (χ2n) is 2.82. The largest absolute Gasteiger partial charge is 0.345 e. The van der Waals surface area contributed by atoms with E-state index in [0.29, 0.717) is 5.56 Å². The Morgan fingerprint density at radius 2 is 1.92 bits per heavy atom. The summed E-state index contributed by atoms with van der Waals surface area (Å²) in [7, 11) is 3.47. The van der Waals surface area contributed by atoms with E-state index < -0.39 is 0 Å². The molecule has 0 bridgehead atoms. The topological polar surface area (TPSA) is 20.3 Å². The molecule has 0 aromatic heterocycles. The van der Waals surface area contributed by atoms with E-state index in [1.165, 1.54) is 0 Å². The van der Waals surface area contributed by atoms with Crippen molar-refractivity contribution in [3.05, 3.63) is 32.7 Å². The van der Waals surface area contributed by atoms with Crippen molar-refractivity contribution in [2.24, 2.45) is 0 Å². The molecule has 1 aromatic rings. The van der Waals surface area contributed by atoms with Gasteiger partial charge >= 0.3 is 0 Å². The number of rotatable bonds is 1. The Kier molecular flexibility index (Phi) is 3.50. The predicted octanol–water partition coefficient (Wildman–Crippen LogP) is 2.91. The average molecular weight is 307 g/mol. The zero-order valence-corrected chi connectivity index (χ0v) is 10.5. The molecule has 0 spiro atoms. The van der Waals surface area contributed by atoms with Crippen LogP contribution in [0.25, 0.3) is 0 Å². The molecule has 70 valence electrons. The summed E-state index contributed by atoms with van der Waals surface area (Å²) < 4.78 is 1.76. The second-order valence-corrected chi connectivity index (χ2v) is 4.59. The lowest BCUT2D eigenvalue weighted by atomic mass is 10.2. The highest BCUT2D eigenvalue weighted by molar-refractivity contribution is 9.11. The van der Waals surface area contributed by atoms with Gasteiger partial charge in [0, 0.05) is 23.0 Å². The van der Waals surface area contributed by atoms with Gasteiger partial charge in [-0.3, -0.25) is 4.79 Å². The van der Waals surface area contributed by atoms with Crippen LogP contribution < -0.4 is 0 Å². The maximum absolute atomic E-state index is 11.6. The number of amides is 1. The SMILES string of the molecule is CN(C)C(=O)c1ccc(Br)cc1Br. The minimum absolute atomic E-state index is 0.000579. The summed E-state index contributed by atoms with van der Waals surface area (Å²) in [4.78, 5) is 13.1. The summed E-state index contributed by atoms with van der Waals surface area (Å²) >= 11 is 6.67. The van der Waals surface area contributed by atoms with E-state index >= 15 is 0 Å². The molecule has 13 heavy (non-hydrogen) atoms. The van der Waals surface area contributed by atoms with Crippen LogP contribution in [0.2, 0.25) is 0 Å². The van der Waals surface area contributed by atoms with Crippen LogP contribution in [0.5, 0.6) is 0 Å². The van der Waals surface area contributed by atoms with Gasteiger partial charge in [-0.1, -0.05) is 15.9 Å². The predicted molar refractivity (Wildman–Crippen MR) is 59.9 cm³/mol. The molecule has 1 rings (SSSR count). The van der Waals surface area contributed by atoms with Crippen molar-refractivity contribution in [3.8, 4) is 0 Å². The van der Waals surface area contributed by atoms with Crippen LogP contribution >= 0.6 is 31.9 Å². The van der Waals surface area contributed by atoms with E-state index in [4.69, 9.17) is 0 Å². The molecule has 0 aliphatic carbocycles. The zero-order valence-electron chi connectivity index (χ0n) is 7.34. The summed E-state index contributed by atoms with van der Waals surface area (Å²) in [5.74, 6) is -0.000579. The molecule has 0 N–H and O–H groups in total. The second kappa shape index (κ2) is 4.24. The summed E-state index contributed by atoms with van der Waals surface area (Å²) in [5, 5.41) is 0. The quantitative estimate of drug-likeness (QED) is 0.781. The van der Waals surface area contributed by atoms with Crippen LogP contribution in [-0.4, -0.2) is 24.9 Å². The molecule has 0 atom stereocenters. The van der Waals surface area contributed by atoms with E-state index in [1.54, 1.807) is 25.1 Å². The van der Waals surface area contributed by atoms with Crippen molar-refractivity contribution < 1.29 is 4.79 Å². The molecule has 0 saturated carbocycles. The Labute approximate surface area is 94.2 Å². The maximum Gasteiger partial charge on any atom is 0.254 e. The molecule has 0 aliphatic heterocycles. The van der Waals surface area contributed by atoms with Gasteiger partial charge in [-0.25, -0.2) is 0 Å². The van der Waals surface area contributed by atoms with Crippen molar-refractivity contribution in [2.45, 2.75) is 0 Å². The van der Waals surface area contributed by atoms with E-state index in [2.05, 4.69) is 31.9 Å². The number of carbonyl (C=O) groups is 1. The number of hydrogen-bond donors (Lipinski definition) is 0. The Morgan fingerprint density at radius 3 is 2.38 bits per heavy atom. The van der Waals surface area contributed by atoms with Gasteiger partial charge in [0.15, 0.2) is 0 Å². The normalized spacial score (nSPS) is 9.85. The molecule has 0 unspecified atom stereocenters. The van der Waals surface area contributed by atoms with Gasteiger partial charge < -0.3 is 4.90 Å². The van der Waals surface area contributed by atoms with Crippen molar-refractivity contribution in [3.63, 3.8) is 0 Å². The number of halogens is 2. The molecule has 1 amide bonds. The first kappa shape index (κ1) is 10.7. The fourth-order valence-corrected chi connectivity index (χ4v) is 2.12. The summed E-state index contributed by atoms with van der Waals surface area (Å²) in [6.45, 7) is 0. The fraction of sp³-hybridized carbons (Fsp3) is 0.222. The first-order valence-electron chi connectivity index (χ1n) is 3.69. The highest BCUT2D eigenvalue weighted by Crippen LogP contribution is 2.22. The summed E-state index contributed by atoms with van der Waals surface area (Å²) in [5.41, 5.74) is 0.674. The van der Waals surface area contributed by atoms with E-state index in [9.17, 15) is 4.79 Å². The molecule has 2 nitrogen and oxygen atoms in total. The molecule has 0 heterocycles. The molecule has 4 heteroatoms. The van der Waals surface area contributed by atoms with Gasteiger partial charge in [0.2, 0.25) is 0 Å². The minimum atomic E-state index is -0.000579. The van der Waals surface area contributed by atoms with Crippen molar-refractivity contribution in [2.75, 3.05) is 14.1 Å². The lowest BCUT2D eigenvalue weighted by Crippen LogP contribution is -2.21. The van der Waals surface area contributed by atoms with Gasteiger partial charge in [-0.05, 0) is 34.1 Å². The first-order chi connectivity index (χ1) is 6.02. The number of benzene rings is 1. The standard InChI is InChI=1S/C9H9Br2NO/c1-12(2)9(13)7-4-3-6(10)5-8(7)11/h3-5H,1-2H3. The van der Waals surface area contributed by atoms with E-state index in [1.807, 2.05) is 12.1 Å². The molecule has 0 radical (unpaired) electrons. The van der Waals surface area contributed by atoms with Gasteiger partial charge in [0.05, 0.1) is 5.56 Å². The fourth-order valence-electron chi connectivity index (χ4n) is 0.904. The Balaban J connectivity index is 3.09. The highest BCUT2D eigenvalue weighted by atomic mass is 79.9. The maximum atomic E-state index is 11.6. The van der Waals surface area contributed by atoms with Crippen molar-refractivity contribution in [1.29, 1.82) is 0 Å². The average Bonchev–Trinajstić information content (AvgIpc) is 2.03. The molecule has 0 fully saturated rings. The van der Waals surface area contributed by atoms with Gasteiger partial charge in [-0.2, -0.15) is 0 Å². The third-order valence-electron chi connectivity index (χ3n) is 1.57.